The molecular weight excluding hydrogens is 499 g/mol. The summed E-state index contributed by atoms with van der Waals surface area (Å²) in [4.78, 5) is 1.24. The van der Waals surface area contributed by atoms with Crippen LogP contribution in [0.2, 0.25) is 10.0 Å². The topological polar surface area (TPSA) is 36.9 Å². The minimum Gasteiger partial charge on any atom is -0.363 e. The Labute approximate surface area is 213 Å². The summed E-state index contributed by atoms with van der Waals surface area (Å²) < 4.78 is 38.8. The molecule has 3 aliphatic rings. The van der Waals surface area contributed by atoms with Gasteiger partial charge < -0.3 is 4.74 Å². The number of hydrogen-bond acceptors (Lipinski definition) is 5. The molecule has 9 heteroatoms. The molecule has 1 atom stereocenters. The van der Waals surface area contributed by atoms with Gasteiger partial charge in [-0.2, -0.15) is 0 Å². The van der Waals surface area contributed by atoms with E-state index < -0.39 is 10.7 Å². The normalized spacial score (nSPS) is 23.8. The first kappa shape index (κ1) is 24.5. The zero-order chi connectivity index (χ0) is 24.3. The fourth-order valence-electron chi connectivity index (χ4n) is 4.86. The molecule has 2 aromatic rings. The lowest BCUT2D eigenvalue weighted by molar-refractivity contribution is -0.143. The van der Waals surface area contributed by atoms with Crippen molar-refractivity contribution in [2.24, 2.45) is 9.81 Å². The zero-order valence-electron chi connectivity index (χ0n) is 19.4. The molecule has 34 heavy (non-hydrogen) atoms. The van der Waals surface area contributed by atoms with E-state index in [1.807, 2.05) is 11.6 Å². The lowest BCUT2D eigenvalue weighted by Crippen LogP contribution is -2.59. The van der Waals surface area contributed by atoms with E-state index in [1.54, 1.807) is 0 Å². The lowest BCUT2D eigenvalue weighted by atomic mass is 9.83. The predicted molar refractivity (Wildman–Crippen MR) is 135 cm³/mol. The van der Waals surface area contributed by atoms with E-state index in [0.717, 1.165) is 54.8 Å². The Kier molecular flexibility index (Phi) is 6.27. The Morgan fingerprint density at radius 2 is 1.88 bits per heavy atom. The maximum atomic E-state index is 14.1. The minimum atomic E-state index is -1.21. The molecule has 1 spiro atoms. The molecule has 0 bridgehead atoms. The molecule has 3 heterocycles. The highest BCUT2D eigenvalue weighted by atomic mass is 35.5. The van der Waals surface area contributed by atoms with Crippen LogP contribution >= 0.6 is 35.1 Å². The van der Waals surface area contributed by atoms with Gasteiger partial charge in [0, 0.05) is 31.5 Å². The summed E-state index contributed by atoms with van der Waals surface area (Å²) in [6.45, 7) is 10.3. The van der Waals surface area contributed by atoms with E-state index in [9.17, 15) is 8.87 Å². The molecule has 5 rings (SSSR count). The van der Waals surface area contributed by atoms with Crippen molar-refractivity contribution >= 4 is 40.9 Å². The standard InChI is InChI=1S/C25H27Cl2F2N3OS/c1-23(2,3)6-7-32-13-24(14-32)18-5-4-15(8-16(18)12-33-24)21-11-25(31-29,34-30-21)17-9-19(26)22(28)20(27)10-17/h4-5,8-10,31H,6-7,11-14H2,1-3H3. The van der Waals surface area contributed by atoms with Crippen molar-refractivity contribution < 1.29 is 13.6 Å². The minimum absolute atomic E-state index is 0.150. The summed E-state index contributed by atoms with van der Waals surface area (Å²) in [7, 11) is 0. The van der Waals surface area contributed by atoms with Crippen molar-refractivity contribution in [3.8, 4) is 0 Å². The largest absolute Gasteiger partial charge is 0.363 e. The molecule has 1 N–H and O–H groups in total. The number of likely N-dealkylation sites (tertiary alicyclic amines) is 1. The van der Waals surface area contributed by atoms with Crippen LogP contribution < -0.4 is 5.54 Å². The van der Waals surface area contributed by atoms with Crippen molar-refractivity contribution in [3.63, 3.8) is 0 Å². The molecule has 0 radical (unpaired) electrons. The second kappa shape index (κ2) is 8.71. The average Bonchev–Trinajstić information content (AvgIpc) is 3.37. The van der Waals surface area contributed by atoms with Crippen molar-refractivity contribution in [3.05, 3.63) is 68.4 Å². The van der Waals surface area contributed by atoms with Crippen LogP contribution in [0.3, 0.4) is 0 Å². The van der Waals surface area contributed by atoms with E-state index >= 15 is 0 Å². The van der Waals surface area contributed by atoms with Crippen LogP contribution in [0, 0.1) is 11.2 Å². The lowest BCUT2D eigenvalue weighted by Gasteiger charge is -2.48. The summed E-state index contributed by atoms with van der Waals surface area (Å²) in [6, 6.07) is 9.04. The molecule has 4 nitrogen and oxygen atoms in total. The van der Waals surface area contributed by atoms with Crippen molar-refractivity contribution in [1.29, 1.82) is 0 Å². The number of fused-ring (bicyclic) bond motifs is 2. The second-order valence-corrected chi connectivity index (χ2v) is 12.5. The highest BCUT2D eigenvalue weighted by Gasteiger charge is 2.50. The van der Waals surface area contributed by atoms with E-state index in [2.05, 4.69) is 42.2 Å². The number of rotatable bonds is 5. The average molecular weight is 526 g/mol. The number of halogens is 4. The summed E-state index contributed by atoms with van der Waals surface area (Å²) in [5.41, 5.74) is 6.45. The third kappa shape index (κ3) is 4.29. The third-order valence-corrected chi connectivity index (χ3v) is 8.53. The molecule has 3 aliphatic heterocycles. The van der Waals surface area contributed by atoms with Gasteiger partial charge in [-0.25, -0.2) is 8.79 Å². The highest BCUT2D eigenvalue weighted by Crippen LogP contribution is 2.48. The summed E-state index contributed by atoms with van der Waals surface area (Å²) in [5.74, 6) is -0.717. The first-order chi connectivity index (χ1) is 16.0. The molecule has 2 aromatic carbocycles. The molecule has 1 fully saturated rings. The van der Waals surface area contributed by atoms with E-state index in [1.165, 1.54) is 17.7 Å². The van der Waals surface area contributed by atoms with Gasteiger partial charge in [-0.15, -0.1) is 10.0 Å². The highest BCUT2D eigenvalue weighted by molar-refractivity contribution is 7.99. The molecular formula is C25H27Cl2F2N3OS. The molecule has 1 unspecified atom stereocenters. The van der Waals surface area contributed by atoms with E-state index in [0.29, 0.717) is 17.6 Å². The molecule has 182 valence electrons. The number of ether oxygens (including phenoxy) is 1. The van der Waals surface area contributed by atoms with Crippen LogP contribution in [0.25, 0.3) is 0 Å². The maximum Gasteiger partial charge on any atom is 0.160 e. The van der Waals surface area contributed by atoms with Gasteiger partial charge in [0.25, 0.3) is 0 Å². The first-order valence-corrected chi connectivity index (χ1v) is 12.9. The molecule has 0 aliphatic carbocycles. The van der Waals surface area contributed by atoms with Crippen molar-refractivity contribution in [2.75, 3.05) is 19.6 Å². The monoisotopic (exact) mass is 525 g/mol. The van der Waals surface area contributed by atoms with Crippen LogP contribution in [-0.2, 0) is 21.8 Å². The van der Waals surface area contributed by atoms with E-state index in [4.69, 9.17) is 27.9 Å². The summed E-state index contributed by atoms with van der Waals surface area (Å²) in [6.07, 6.45) is 1.42. The van der Waals surface area contributed by atoms with Gasteiger partial charge in [0.1, 0.15) is 10.5 Å². The number of hydrogen-bond donors (Lipinski definition) is 1. The maximum absolute atomic E-state index is 14.1. The van der Waals surface area contributed by atoms with Crippen LogP contribution in [0.1, 0.15) is 55.9 Å². The van der Waals surface area contributed by atoms with Gasteiger partial charge in [0.15, 0.2) is 5.82 Å². The van der Waals surface area contributed by atoms with Gasteiger partial charge in [0.05, 0.1) is 22.4 Å². The smallest absolute Gasteiger partial charge is 0.160 e. The molecule has 1 saturated heterocycles. The first-order valence-electron chi connectivity index (χ1n) is 11.3. The summed E-state index contributed by atoms with van der Waals surface area (Å²) >= 11 is 13.0. The quantitative estimate of drug-likeness (QED) is 0.265. The van der Waals surface area contributed by atoms with Crippen molar-refractivity contribution in [1.82, 2.24) is 10.4 Å². The Balaban J connectivity index is 1.32. The van der Waals surface area contributed by atoms with Gasteiger partial charge >= 0.3 is 0 Å². The number of nitrogens with one attached hydrogen (secondary N) is 1. The number of benzene rings is 2. The summed E-state index contributed by atoms with van der Waals surface area (Å²) in [5, 5.41) is -0.300. The van der Waals surface area contributed by atoms with Crippen LogP contribution in [0.4, 0.5) is 8.87 Å². The molecule has 0 aromatic heterocycles. The Hall–Kier alpha value is -1.22. The molecule has 0 amide bonds. The predicted octanol–water partition coefficient (Wildman–Crippen LogP) is 6.78. The van der Waals surface area contributed by atoms with Gasteiger partial charge in [0.2, 0.25) is 0 Å². The molecule has 0 saturated carbocycles. The Bertz CT molecular complexity index is 1140. The third-order valence-electron chi connectivity index (χ3n) is 6.90. The van der Waals surface area contributed by atoms with Gasteiger partial charge in [-0.1, -0.05) is 56.1 Å². The SMILES string of the molecule is CC(C)(C)CCN1CC2(C1)OCc1cc(C3=NSC(NF)(c4cc(Cl)c(F)c(Cl)c4)C3)ccc12. The van der Waals surface area contributed by atoms with Gasteiger partial charge in [-0.05, 0) is 58.8 Å². The van der Waals surface area contributed by atoms with Crippen LogP contribution in [0.15, 0.2) is 34.7 Å². The fraction of sp³-hybridized carbons (Fsp3) is 0.480. The fourth-order valence-corrected chi connectivity index (χ4v) is 6.24. The van der Waals surface area contributed by atoms with Crippen LogP contribution in [-0.4, -0.2) is 30.2 Å². The van der Waals surface area contributed by atoms with E-state index in [-0.39, 0.29) is 22.1 Å². The second-order valence-electron chi connectivity index (χ2n) is 10.7. The number of nitrogens with zero attached hydrogens (tertiary/aromatic N) is 2. The Morgan fingerprint density at radius 1 is 1.18 bits per heavy atom. The van der Waals surface area contributed by atoms with Gasteiger partial charge in [-0.3, -0.25) is 4.90 Å². The van der Waals surface area contributed by atoms with Crippen molar-refractivity contribution in [2.45, 2.75) is 50.7 Å². The van der Waals surface area contributed by atoms with Crippen LogP contribution in [0.5, 0.6) is 0 Å². The zero-order valence-corrected chi connectivity index (χ0v) is 21.7. The Morgan fingerprint density at radius 3 is 2.53 bits per heavy atom.